The van der Waals surface area contributed by atoms with Crippen molar-refractivity contribution in [2.24, 2.45) is 0 Å². The summed E-state index contributed by atoms with van der Waals surface area (Å²) in [6.07, 6.45) is 0. The molecule has 0 aliphatic carbocycles. The summed E-state index contributed by atoms with van der Waals surface area (Å²) < 4.78 is 0. The van der Waals surface area contributed by atoms with Crippen LogP contribution in [0.25, 0.3) is 0 Å². The number of hydrogen-bond donors (Lipinski definition) is 3. The average Bonchev–Trinajstić information content (AvgIpc) is 2.51. The topological polar surface area (TPSA) is 70.2 Å². The predicted molar refractivity (Wildman–Crippen MR) is 92.9 cm³/mol. The van der Waals surface area contributed by atoms with Crippen molar-refractivity contribution in [3.63, 3.8) is 0 Å². The summed E-state index contributed by atoms with van der Waals surface area (Å²) in [6.45, 7) is 4.09. The van der Waals surface area contributed by atoms with Crippen LogP contribution in [0.3, 0.4) is 0 Å². The fraction of sp³-hybridized carbons (Fsp3) is 0.222. The van der Waals surface area contributed by atoms with Gasteiger partial charge >= 0.3 is 0 Å². The van der Waals surface area contributed by atoms with Crippen LogP contribution >= 0.6 is 0 Å². The first-order chi connectivity index (χ1) is 11.0. The summed E-state index contributed by atoms with van der Waals surface area (Å²) in [6, 6.07) is 12.8. The molecule has 0 bridgehead atoms. The minimum absolute atomic E-state index is 0.132. The van der Waals surface area contributed by atoms with Gasteiger partial charge in [-0.3, -0.25) is 9.59 Å². The molecule has 5 heteroatoms. The van der Waals surface area contributed by atoms with Gasteiger partial charge in [-0.2, -0.15) is 0 Å². The lowest BCUT2D eigenvalue weighted by Gasteiger charge is -2.12. The molecule has 0 heterocycles. The van der Waals surface area contributed by atoms with Crippen molar-refractivity contribution >= 4 is 23.2 Å². The van der Waals surface area contributed by atoms with Crippen molar-refractivity contribution in [3.8, 4) is 0 Å². The van der Waals surface area contributed by atoms with Crippen LogP contribution < -0.4 is 16.0 Å². The quantitative estimate of drug-likeness (QED) is 0.795. The molecule has 23 heavy (non-hydrogen) atoms. The maximum absolute atomic E-state index is 12.3. The maximum Gasteiger partial charge on any atom is 0.255 e. The molecule has 2 amide bonds. The molecule has 2 rings (SSSR count). The van der Waals surface area contributed by atoms with Gasteiger partial charge in [0.2, 0.25) is 5.91 Å². The van der Waals surface area contributed by atoms with Crippen molar-refractivity contribution in [3.05, 3.63) is 59.2 Å². The van der Waals surface area contributed by atoms with Gasteiger partial charge in [0.05, 0.1) is 6.54 Å². The smallest absolute Gasteiger partial charge is 0.255 e. The van der Waals surface area contributed by atoms with Crippen LogP contribution in [0.2, 0.25) is 0 Å². The molecular formula is C18H21N3O2. The largest absolute Gasteiger partial charge is 0.325 e. The summed E-state index contributed by atoms with van der Waals surface area (Å²) in [7, 11) is 1.71. The second-order valence-electron chi connectivity index (χ2n) is 5.43. The zero-order valence-electron chi connectivity index (χ0n) is 13.6. The average molecular weight is 311 g/mol. The van der Waals surface area contributed by atoms with Crippen LogP contribution in [0.4, 0.5) is 11.4 Å². The van der Waals surface area contributed by atoms with Gasteiger partial charge in [-0.15, -0.1) is 0 Å². The van der Waals surface area contributed by atoms with Crippen LogP contribution in [0, 0.1) is 13.8 Å². The van der Waals surface area contributed by atoms with Crippen molar-refractivity contribution in [1.82, 2.24) is 5.32 Å². The van der Waals surface area contributed by atoms with Gasteiger partial charge in [0.15, 0.2) is 0 Å². The van der Waals surface area contributed by atoms with E-state index in [2.05, 4.69) is 16.0 Å². The number of rotatable bonds is 5. The number of amides is 2. The Labute approximate surface area is 136 Å². The van der Waals surface area contributed by atoms with Crippen molar-refractivity contribution in [2.45, 2.75) is 13.8 Å². The molecule has 0 aromatic heterocycles. The van der Waals surface area contributed by atoms with E-state index in [1.165, 1.54) is 0 Å². The molecule has 0 aliphatic rings. The van der Waals surface area contributed by atoms with Gasteiger partial charge in [0, 0.05) is 16.9 Å². The number of anilines is 2. The lowest BCUT2D eigenvalue weighted by molar-refractivity contribution is -0.115. The molecule has 0 fully saturated rings. The third-order valence-electron chi connectivity index (χ3n) is 3.39. The summed E-state index contributed by atoms with van der Waals surface area (Å²) in [4.78, 5) is 24.0. The molecule has 0 saturated carbocycles. The first-order valence-electron chi connectivity index (χ1n) is 7.42. The predicted octanol–water partition coefficient (Wildman–Crippen LogP) is 2.71. The Morgan fingerprint density at radius 2 is 1.78 bits per heavy atom. The summed E-state index contributed by atoms with van der Waals surface area (Å²) in [5.74, 6) is -0.303. The highest BCUT2D eigenvalue weighted by atomic mass is 16.2. The van der Waals surface area contributed by atoms with Crippen molar-refractivity contribution in [2.75, 3.05) is 24.2 Å². The third kappa shape index (κ3) is 4.66. The van der Waals surface area contributed by atoms with E-state index in [4.69, 9.17) is 0 Å². The number of hydrogen-bond acceptors (Lipinski definition) is 3. The first-order valence-corrected chi connectivity index (χ1v) is 7.42. The highest BCUT2D eigenvalue weighted by Crippen LogP contribution is 2.21. The van der Waals surface area contributed by atoms with Crippen LogP contribution in [0.15, 0.2) is 42.5 Å². The minimum atomic E-state index is -0.171. The van der Waals surface area contributed by atoms with Crippen LogP contribution in [-0.2, 0) is 4.79 Å². The molecule has 0 saturated heterocycles. The van der Waals surface area contributed by atoms with Gasteiger partial charge < -0.3 is 16.0 Å². The second kappa shape index (κ2) is 7.56. The van der Waals surface area contributed by atoms with Gasteiger partial charge in [0.25, 0.3) is 5.91 Å². The molecule has 0 aliphatic heterocycles. The van der Waals surface area contributed by atoms with E-state index in [9.17, 15) is 9.59 Å². The third-order valence-corrected chi connectivity index (χ3v) is 3.39. The fourth-order valence-corrected chi connectivity index (χ4v) is 2.18. The summed E-state index contributed by atoms with van der Waals surface area (Å²) in [5, 5.41) is 8.46. The Morgan fingerprint density at radius 1 is 1.00 bits per heavy atom. The Hall–Kier alpha value is -2.66. The van der Waals surface area contributed by atoms with Gasteiger partial charge in [-0.05, 0) is 50.7 Å². The van der Waals surface area contributed by atoms with Gasteiger partial charge in [0.1, 0.15) is 0 Å². The van der Waals surface area contributed by atoms with Gasteiger partial charge in [-0.25, -0.2) is 0 Å². The Morgan fingerprint density at radius 3 is 2.48 bits per heavy atom. The molecule has 5 nitrogen and oxygen atoms in total. The fourth-order valence-electron chi connectivity index (χ4n) is 2.18. The molecular weight excluding hydrogens is 290 g/mol. The van der Waals surface area contributed by atoms with Crippen LogP contribution in [0.5, 0.6) is 0 Å². The van der Waals surface area contributed by atoms with Crippen LogP contribution in [0.1, 0.15) is 21.5 Å². The zero-order chi connectivity index (χ0) is 16.8. The highest BCUT2D eigenvalue weighted by molar-refractivity contribution is 6.05. The number of carbonyl (C=O) groups is 2. The van der Waals surface area contributed by atoms with E-state index in [0.717, 1.165) is 11.1 Å². The molecule has 2 aromatic carbocycles. The molecule has 120 valence electrons. The van der Waals surface area contributed by atoms with E-state index >= 15 is 0 Å². The van der Waals surface area contributed by atoms with Crippen LogP contribution in [-0.4, -0.2) is 25.4 Å². The van der Waals surface area contributed by atoms with Gasteiger partial charge in [-0.1, -0.05) is 23.8 Å². The molecule has 3 N–H and O–H groups in total. The second-order valence-corrected chi connectivity index (χ2v) is 5.43. The molecule has 0 unspecified atom stereocenters. The van der Waals surface area contributed by atoms with E-state index in [1.807, 2.05) is 44.2 Å². The number of carbonyl (C=O) groups excluding carboxylic acids is 2. The SMILES string of the molecule is CNCC(=O)Nc1ccc(C)c(NC(=O)c2cccc(C)c2)c1. The standard InChI is InChI=1S/C18H21N3O2/c1-12-5-4-6-14(9-12)18(23)21-16-10-15(8-7-13(16)2)20-17(22)11-19-3/h4-10,19H,11H2,1-3H3,(H,20,22)(H,21,23). The Balaban J connectivity index is 2.15. The molecule has 0 atom stereocenters. The van der Waals surface area contributed by atoms with Crippen molar-refractivity contribution < 1.29 is 9.59 Å². The van der Waals surface area contributed by atoms with E-state index < -0.39 is 0 Å². The summed E-state index contributed by atoms with van der Waals surface area (Å²) in [5.41, 5.74) is 3.89. The summed E-state index contributed by atoms with van der Waals surface area (Å²) >= 11 is 0. The van der Waals surface area contributed by atoms with E-state index in [-0.39, 0.29) is 18.4 Å². The number of likely N-dealkylation sites (N-methyl/N-ethyl adjacent to an activating group) is 1. The van der Waals surface area contributed by atoms with E-state index in [0.29, 0.717) is 16.9 Å². The molecule has 2 aromatic rings. The number of benzene rings is 2. The molecule has 0 spiro atoms. The first kappa shape index (κ1) is 16.7. The monoisotopic (exact) mass is 311 g/mol. The van der Waals surface area contributed by atoms with Crippen molar-refractivity contribution in [1.29, 1.82) is 0 Å². The Kier molecular flexibility index (Phi) is 5.49. The normalized spacial score (nSPS) is 10.2. The Bertz CT molecular complexity index is 726. The molecule has 0 radical (unpaired) electrons. The lowest BCUT2D eigenvalue weighted by atomic mass is 10.1. The van der Waals surface area contributed by atoms with E-state index in [1.54, 1.807) is 19.2 Å². The number of nitrogens with one attached hydrogen (secondary N) is 3. The lowest BCUT2D eigenvalue weighted by Crippen LogP contribution is -2.25. The minimum Gasteiger partial charge on any atom is -0.325 e. The number of aryl methyl sites for hydroxylation is 2. The zero-order valence-corrected chi connectivity index (χ0v) is 13.6. The maximum atomic E-state index is 12.3. The highest BCUT2D eigenvalue weighted by Gasteiger charge is 2.09.